The largest absolute Gasteiger partial charge is 0.496 e. The highest BCUT2D eigenvalue weighted by Gasteiger charge is 2.29. The summed E-state index contributed by atoms with van der Waals surface area (Å²) in [5.41, 5.74) is 2.21. The molecule has 3 amide bonds. The Morgan fingerprint density at radius 2 is 1.93 bits per heavy atom. The molecule has 1 aromatic carbocycles. The van der Waals surface area contributed by atoms with Gasteiger partial charge in [-0.1, -0.05) is 12.1 Å². The molecule has 7 nitrogen and oxygen atoms in total. The van der Waals surface area contributed by atoms with Crippen molar-refractivity contribution in [2.24, 2.45) is 0 Å². The number of fused-ring (bicyclic) bond motifs is 1. The maximum atomic E-state index is 12.7. The number of piperidine rings is 1. The van der Waals surface area contributed by atoms with Gasteiger partial charge in [-0.15, -0.1) is 0 Å². The third-order valence-electron chi connectivity index (χ3n) is 5.29. The highest BCUT2D eigenvalue weighted by Crippen LogP contribution is 2.30. The minimum atomic E-state index is -0.0909. The molecule has 1 aromatic heterocycles. The molecule has 0 bridgehead atoms. The van der Waals surface area contributed by atoms with E-state index in [-0.39, 0.29) is 18.0 Å². The number of furan rings is 1. The number of hydrogen-bond acceptors (Lipinski definition) is 4. The lowest BCUT2D eigenvalue weighted by molar-refractivity contribution is 0.0674. The first-order valence-corrected chi connectivity index (χ1v) is 9.18. The summed E-state index contributed by atoms with van der Waals surface area (Å²) in [6.07, 6.45) is 2.98. The SMILES string of the molecule is COc1cccc2c1CN(C(=O)NC1CCN(C(=O)c3ccco3)CC1)C2. The van der Waals surface area contributed by atoms with E-state index in [2.05, 4.69) is 5.32 Å². The number of carbonyl (C=O) groups is 2. The Balaban J connectivity index is 1.30. The van der Waals surface area contributed by atoms with Crippen LogP contribution < -0.4 is 10.1 Å². The normalized spacial score (nSPS) is 16.9. The standard InChI is InChI=1S/C20H23N3O4/c1-26-17-5-2-4-14-12-23(13-16(14)17)20(25)21-15-7-9-22(10-8-15)19(24)18-6-3-11-27-18/h2-6,11,15H,7-10,12-13H2,1H3,(H,21,25). The van der Waals surface area contributed by atoms with Crippen molar-refractivity contribution in [3.63, 3.8) is 0 Å². The van der Waals surface area contributed by atoms with Crippen LogP contribution in [0.1, 0.15) is 34.5 Å². The highest BCUT2D eigenvalue weighted by atomic mass is 16.5. The zero-order chi connectivity index (χ0) is 18.8. The average molecular weight is 369 g/mol. The van der Waals surface area contributed by atoms with Gasteiger partial charge in [-0.05, 0) is 36.6 Å². The number of hydrogen-bond donors (Lipinski definition) is 1. The highest BCUT2D eigenvalue weighted by molar-refractivity contribution is 5.91. The molecule has 0 atom stereocenters. The van der Waals surface area contributed by atoms with E-state index in [0.717, 1.165) is 29.7 Å². The monoisotopic (exact) mass is 369 g/mol. The molecule has 4 rings (SSSR count). The molecular formula is C20H23N3O4. The Bertz CT molecular complexity index is 826. The van der Waals surface area contributed by atoms with Crippen LogP contribution in [0.2, 0.25) is 0 Å². The predicted molar refractivity (Wildman–Crippen MR) is 98.4 cm³/mol. The van der Waals surface area contributed by atoms with E-state index in [4.69, 9.17) is 9.15 Å². The molecule has 3 heterocycles. The summed E-state index contributed by atoms with van der Waals surface area (Å²) in [6.45, 7) is 2.37. The summed E-state index contributed by atoms with van der Waals surface area (Å²) >= 11 is 0. The fourth-order valence-electron chi connectivity index (χ4n) is 3.77. The number of rotatable bonds is 3. The minimum Gasteiger partial charge on any atom is -0.496 e. The first kappa shape index (κ1) is 17.5. The molecule has 0 radical (unpaired) electrons. The van der Waals surface area contributed by atoms with Crippen LogP contribution in [0.15, 0.2) is 41.0 Å². The quantitative estimate of drug-likeness (QED) is 0.902. The molecule has 1 N–H and O–H groups in total. The van der Waals surface area contributed by atoms with Gasteiger partial charge in [0.05, 0.1) is 19.9 Å². The van der Waals surface area contributed by atoms with Gasteiger partial charge in [0.25, 0.3) is 5.91 Å². The number of nitrogens with one attached hydrogen (secondary N) is 1. The lowest BCUT2D eigenvalue weighted by Crippen LogP contribution is -2.49. The molecule has 27 heavy (non-hydrogen) atoms. The zero-order valence-electron chi connectivity index (χ0n) is 15.3. The van der Waals surface area contributed by atoms with Gasteiger partial charge >= 0.3 is 6.03 Å². The fraction of sp³-hybridized carbons (Fsp3) is 0.400. The van der Waals surface area contributed by atoms with Crippen LogP contribution in [0.5, 0.6) is 5.75 Å². The van der Waals surface area contributed by atoms with Gasteiger partial charge < -0.3 is 24.3 Å². The van der Waals surface area contributed by atoms with E-state index in [1.54, 1.807) is 29.0 Å². The molecule has 2 aliphatic heterocycles. The summed E-state index contributed by atoms with van der Waals surface area (Å²) < 4.78 is 10.6. The Hall–Kier alpha value is -2.96. The number of amides is 3. The van der Waals surface area contributed by atoms with Crippen molar-refractivity contribution >= 4 is 11.9 Å². The molecule has 0 aliphatic carbocycles. The number of methoxy groups -OCH3 is 1. The van der Waals surface area contributed by atoms with Crippen LogP contribution in [-0.4, -0.2) is 48.0 Å². The minimum absolute atomic E-state index is 0.0657. The third kappa shape index (κ3) is 3.49. The van der Waals surface area contributed by atoms with E-state index in [1.165, 1.54) is 6.26 Å². The molecule has 0 saturated carbocycles. The molecular weight excluding hydrogens is 346 g/mol. The first-order chi connectivity index (χ1) is 13.2. The molecule has 0 spiro atoms. The van der Waals surface area contributed by atoms with Crippen molar-refractivity contribution in [2.75, 3.05) is 20.2 Å². The topological polar surface area (TPSA) is 75.0 Å². The van der Waals surface area contributed by atoms with Crippen LogP contribution in [0.3, 0.4) is 0 Å². The molecule has 1 saturated heterocycles. The van der Waals surface area contributed by atoms with Crippen molar-refractivity contribution in [3.8, 4) is 5.75 Å². The lowest BCUT2D eigenvalue weighted by atomic mass is 10.0. The van der Waals surface area contributed by atoms with Gasteiger partial charge in [-0.3, -0.25) is 4.79 Å². The van der Waals surface area contributed by atoms with Crippen LogP contribution in [0, 0.1) is 0 Å². The van der Waals surface area contributed by atoms with Crippen molar-refractivity contribution in [1.82, 2.24) is 15.1 Å². The first-order valence-electron chi connectivity index (χ1n) is 9.18. The second-order valence-electron chi connectivity index (χ2n) is 6.95. The summed E-state index contributed by atoms with van der Waals surface area (Å²) in [4.78, 5) is 28.5. The smallest absolute Gasteiger partial charge is 0.318 e. The third-order valence-corrected chi connectivity index (χ3v) is 5.29. The second kappa shape index (κ2) is 7.34. The van der Waals surface area contributed by atoms with Gasteiger partial charge in [-0.2, -0.15) is 0 Å². The maximum Gasteiger partial charge on any atom is 0.318 e. The summed E-state index contributed by atoms with van der Waals surface area (Å²) in [5, 5.41) is 3.11. The number of nitrogens with zero attached hydrogens (tertiary/aromatic N) is 2. The maximum absolute atomic E-state index is 12.7. The van der Waals surface area contributed by atoms with E-state index in [1.807, 2.05) is 18.2 Å². The molecule has 142 valence electrons. The number of carbonyl (C=O) groups excluding carboxylic acids is 2. The summed E-state index contributed by atoms with van der Waals surface area (Å²) in [7, 11) is 1.65. The fourth-order valence-corrected chi connectivity index (χ4v) is 3.77. The van der Waals surface area contributed by atoms with Crippen molar-refractivity contribution < 1.29 is 18.7 Å². The lowest BCUT2D eigenvalue weighted by Gasteiger charge is -2.32. The van der Waals surface area contributed by atoms with Crippen LogP contribution in [-0.2, 0) is 13.1 Å². The van der Waals surface area contributed by atoms with Gasteiger partial charge in [0.2, 0.25) is 0 Å². The zero-order valence-corrected chi connectivity index (χ0v) is 15.3. The van der Waals surface area contributed by atoms with E-state index < -0.39 is 0 Å². The van der Waals surface area contributed by atoms with Crippen LogP contribution in [0.4, 0.5) is 4.79 Å². The number of urea groups is 1. The van der Waals surface area contributed by atoms with Gasteiger partial charge in [0.15, 0.2) is 5.76 Å². The molecule has 2 aromatic rings. The average Bonchev–Trinajstić information content (AvgIpc) is 3.37. The number of ether oxygens (including phenoxy) is 1. The molecule has 0 unspecified atom stereocenters. The van der Waals surface area contributed by atoms with Crippen LogP contribution in [0.25, 0.3) is 0 Å². The summed E-state index contributed by atoms with van der Waals surface area (Å²) in [5.74, 6) is 1.10. The molecule has 7 heteroatoms. The van der Waals surface area contributed by atoms with Gasteiger partial charge in [0, 0.05) is 31.2 Å². The Morgan fingerprint density at radius 1 is 1.11 bits per heavy atom. The second-order valence-corrected chi connectivity index (χ2v) is 6.95. The van der Waals surface area contributed by atoms with Gasteiger partial charge in [-0.25, -0.2) is 4.79 Å². The van der Waals surface area contributed by atoms with Crippen molar-refractivity contribution in [1.29, 1.82) is 0 Å². The Kier molecular flexibility index (Phi) is 4.75. The predicted octanol–water partition coefficient (Wildman–Crippen LogP) is 2.62. The Morgan fingerprint density at radius 3 is 2.63 bits per heavy atom. The van der Waals surface area contributed by atoms with E-state index in [9.17, 15) is 9.59 Å². The molecule has 1 fully saturated rings. The Labute approximate surface area is 157 Å². The number of benzene rings is 1. The van der Waals surface area contributed by atoms with Crippen molar-refractivity contribution in [2.45, 2.75) is 32.0 Å². The van der Waals surface area contributed by atoms with Crippen molar-refractivity contribution in [3.05, 3.63) is 53.5 Å². The summed E-state index contributed by atoms with van der Waals surface area (Å²) in [6, 6.07) is 9.30. The number of likely N-dealkylation sites (tertiary alicyclic amines) is 1. The molecule has 2 aliphatic rings. The van der Waals surface area contributed by atoms with Crippen LogP contribution >= 0.6 is 0 Å². The van der Waals surface area contributed by atoms with E-state index in [0.29, 0.717) is 31.9 Å². The van der Waals surface area contributed by atoms with Gasteiger partial charge in [0.1, 0.15) is 5.75 Å². The van der Waals surface area contributed by atoms with E-state index >= 15 is 0 Å².